The average Bonchev–Trinajstić information content (AvgIpc) is 2.96. The fourth-order valence-corrected chi connectivity index (χ4v) is 2.35. The fourth-order valence-electron chi connectivity index (χ4n) is 2.35. The maximum Gasteiger partial charge on any atom is 0.118 e. The van der Waals surface area contributed by atoms with E-state index in [1.165, 1.54) is 0 Å². The Morgan fingerprint density at radius 2 is 2.04 bits per heavy atom. The van der Waals surface area contributed by atoms with Crippen LogP contribution in [-0.4, -0.2) is 23.3 Å². The van der Waals surface area contributed by atoms with Gasteiger partial charge in [0.05, 0.1) is 11.6 Å². The van der Waals surface area contributed by atoms with Crippen molar-refractivity contribution in [2.24, 2.45) is 5.73 Å². The number of aromatic amines is 1. The Bertz CT molecular complexity index is 793. The summed E-state index contributed by atoms with van der Waals surface area (Å²) in [6.45, 7) is 8.07. The Hall–Kier alpha value is -2.69. The number of benzene rings is 1. The molecule has 0 saturated carbocycles. The molecule has 1 aromatic carbocycles. The molecule has 0 saturated heterocycles. The van der Waals surface area contributed by atoms with E-state index in [4.69, 9.17) is 10.5 Å². The molecule has 0 fully saturated rings. The Morgan fingerprint density at radius 1 is 1.29 bits per heavy atom. The van der Waals surface area contributed by atoms with Crippen LogP contribution < -0.4 is 11.1 Å². The summed E-state index contributed by atoms with van der Waals surface area (Å²) < 4.78 is 5.83. The molecular formula is C19H26N4O. The van der Waals surface area contributed by atoms with E-state index in [9.17, 15) is 0 Å². The molecule has 0 unspecified atom stereocenters. The maximum atomic E-state index is 5.85. The van der Waals surface area contributed by atoms with Crippen LogP contribution in [0.5, 0.6) is 0 Å². The van der Waals surface area contributed by atoms with Crippen LogP contribution in [0.1, 0.15) is 33.4 Å². The van der Waals surface area contributed by atoms with Crippen LogP contribution in [0.3, 0.4) is 0 Å². The molecule has 2 aromatic rings. The Morgan fingerprint density at radius 3 is 2.62 bits per heavy atom. The zero-order chi connectivity index (χ0) is 17.7. The van der Waals surface area contributed by atoms with Crippen LogP contribution in [0.15, 0.2) is 47.9 Å². The van der Waals surface area contributed by atoms with Crippen molar-refractivity contribution in [2.75, 3.05) is 12.4 Å². The van der Waals surface area contributed by atoms with Crippen LogP contribution >= 0.6 is 0 Å². The van der Waals surface area contributed by atoms with Gasteiger partial charge in [-0.3, -0.25) is 5.10 Å². The molecular weight excluding hydrogens is 300 g/mol. The van der Waals surface area contributed by atoms with E-state index in [0.717, 1.165) is 39.2 Å². The number of anilines is 1. The SMILES string of the molecule is CNc1ccc2[nH]nc(C(/C=C\C(OC(C)C)=C(C)C)=C/N)c2c1. The minimum atomic E-state index is 0.120. The predicted octanol–water partition coefficient (Wildman–Crippen LogP) is 4.18. The van der Waals surface area contributed by atoms with Crippen LogP contribution in [0.4, 0.5) is 5.69 Å². The molecule has 1 heterocycles. The van der Waals surface area contributed by atoms with E-state index in [0.29, 0.717) is 0 Å². The van der Waals surface area contributed by atoms with Crippen molar-refractivity contribution in [1.29, 1.82) is 0 Å². The van der Waals surface area contributed by atoms with Gasteiger partial charge in [0.1, 0.15) is 11.5 Å². The topological polar surface area (TPSA) is 76.0 Å². The Labute approximate surface area is 143 Å². The fraction of sp³-hybridized carbons (Fsp3) is 0.316. The highest BCUT2D eigenvalue weighted by Crippen LogP contribution is 2.26. The van der Waals surface area contributed by atoms with Gasteiger partial charge in [-0.05, 0) is 63.6 Å². The van der Waals surface area contributed by atoms with Crippen LogP contribution in [0.25, 0.3) is 16.5 Å². The third-order valence-corrected chi connectivity index (χ3v) is 3.57. The minimum Gasteiger partial charge on any atom is -0.491 e. The molecule has 0 bridgehead atoms. The third kappa shape index (κ3) is 3.98. The lowest BCUT2D eigenvalue weighted by Gasteiger charge is -2.12. The van der Waals surface area contributed by atoms with E-state index >= 15 is 0 Å². The standard InChI is InChI=1S/C19H26N4O/c1-12(2)18(24-13(3)4)9-6-14(11-20)19-16-10-15(21-5)7-8-17(16)22-23-19/h6-11,13,21H,20H2,1-5H3,(H,22,23)/b9-6-,14-11+. The number of nitrogens with two attached hydrogens (primary N) is 1. The minimum absolute atomic E-state index is 0.120. The van der Waals surface area contributed by atoms with Gasteiger partial charge in [0.15, 0.2) is 0 Å². The van der Waals surface area contributed by atoms with E-state index in [-0.39, 0.29) is 6.10 Å². The zero-order valence-corrected chi connectivity index (χ0v) is 15.0. The first-order valence-electron chi connectivity index (χ1n) is 8.06. The van der Waals surface area contributed by atoms with Crippen molar-refractivity contribution in [1.82, 2.24) is 10.2 Å². The van der Waals surface area contributed by atoms with Gasteiger partial charge in [0.2, 0.25) is 0 Å². The third-order valence-electron chi connectivity index (χ3n) is 3.57. The second-order valence-corrected chi connectivity index (χ2v) is 6.07. The molecule has 5 nitrogen and oxygen atoms in total. The van der Waals surface area contributed by atoms with Crippen molar-refractivity contribution in [2.45, 2.75) is 33.8 Å². The number of allylic oxidation sites excluding steroid dienone is 4. The van der Waals surface area contributed by atoms with E-state index in [2.05, 4.69) is 21.6 Å². The van der Waals surface area contributed by atoms with Gasteiger partial charge in [-0.15, -0.1) is 0 Å². The lowest BCUT2D eigenvalue weighted by Crippen LogP contribution is -2.02. The first-order chi connectivity index (χ1) is 11.5. The summed E-state index contributed by atoms with van der Waals surface area (Å²) in [7, 11) is 1.89. The molecule has 0 aliphatic carbocycles. The number of hydrogen-bond acceptors (Lipinski definition) is 4. The smallest absolute Gasteiger partial charge is 0.118 e. The quantitative estimate of drug-likeness (QED) is 0.550. The average molecular weight is 326 g/mol. The number of fused-ring (bicyclic) bond motifs is 1. The summed E-state index contributed by atoms with van der Waals surface area (Å²) in [5.41, 5.74) is 10.6. The second-order valence-electron chi connectivity index (χ2n) is 6.07. The second kappa shape index (κ2) is 7.73. The van der Waals surface area contributed by atoms with Crippen molar-refractivity contribution in [3.63, 3.8) is 0 Å². The number of nitrogens with zero attached hydrogens (tertiary/aromatic N) is 1. The number of aromatic nitrogens is 2. The Kier molecular flexibility index (Phi) is 5.68. The summed E-state index contributed by atoms with van der Waals surface area (Å²) in [6, 6.07) is 6.06. The highest BCUT2D eigenvalue weighted by Gasteiger charge is 2.10. The molecule has 24 heavy (non-hydrogen) atoms. The highest BCUT2D eigenvalue weighted by atomic mass is 16.5. The van der Waals surface area contributed by atoms with Gasteiger partial charge in [-0.2, -0.15) is 5.10 Å². The van der Waals surface area contributed by atoms with E-state index in [1.807, 2.05) is 59.0 Å². The molecule has 128 valence electrons. The molecule has 0 atom stereocenters. The van der Waals surface area contributed by atoms with E-state index < -0.39 is 0 Å². The maximum absolute atomic E-state index is 5.85. The van der Waals surface area contributed by atoms with Crippen molar-refractivity contribution >= 4 is 22.2 Å². The number of H-pyrrole nitrogens is 1. The molecule has 0 spiro atoms. The first-order valence-corrected chi connectivity index (χ1v) is 8.06. The van der Waals surface area contributed by atoms with Crippen LogP contribution in [0.2, 0.25) is 0 Å². The van der Waals surface area contributed by atoms with Gasteiger partial charge < -0.3 is 15.8 Å². The molecule has 0 aliphatic rings. The van der Waals surface area contributed by atoms with Gasteiger partial charge >= 0.3 is 0 Å². The summed E-state index contributed by atoms with van der Waals surface area (Å²) >= 11 is 0. The van der Waals surface area contributed by atoms with Crippen molar-refractivity contribution in [3.8, 4) is 0 Å². The number of rotatable bonds is 6. The van der Waals surface area contributed by atoms with Gasteiger partial charge in [-0.25, -0.2) is 0 Å². The lowest BCUT2D eigenvalue weighted by atomic mass is 10.1. The summed E-state index contributed by atoms with van der Waals surface area (Å²) in [4.78, 5) is 0. The van der Waals surface area contributed by atoms with Crippen LogP contribution in [-0.2, 0) is 4.74 Å². The van der Waals surface area contributed by atoms with Gasteiger partial charge in [0.25, 0.3) is 0 Å². The summed E-state index contributed by atoms with van der Waals surface area (Å²) in [5.74, 6) is 0.847. The molecule has 0 amide bonds. The van der Waals surface area contributed by atoms with Gasteiger partial charge in [-0.1, -0.05) is 0 Å². The zero-order valence-electron chi connectivity index (χ0n) is 15.0. The molecule has 2 rings (SSSR count). The van der Waals surface area contributed by atoms with Crippen molar-refractivity contribution in [3.05, 3.63) is 53.6 Å². The largest absolute Gasteiger partial charge is 0.491 e. The van der Waals surface area contributed by atoms with Crippen LogP contribution in [0, 0.1) is 0 Å². The number of ether oxygens (including phenoxy) is 1. The number of hydrogen-bond donors (Lipinski definition) is 3. The monoisotopic (exact) mass is 326 g/mol. The lowest BCUT2D eigenvalue weighted by molar-refractivity contribution is 0.155. The summed E-state index contributed by atoms with van der Waals surface area (Å²) in [5, 5.41) is 11.6. The van der Waals surface area contributed by atoms with Gasteiger partial charge in [0, 0.05) is 29.9 Å². The normalized spacial score (nSPS) is 12.2. The van der Waals surface area contributed by atoms with E-state index in [1.54, 1.807) is 6.20 Å². The summed E-state index contributed by atoms with van der Waals surface area (Å²) in [6.07, 6.45) is 5.56. The highest BCUT2D eigenvalue weighted by molar-refractivity contribution is 5.94. The van der Waals surface area contributed by atoms with Crippen molar-refractivity contribution < 1.29 is 4.74 Å². The Balaban J connectivity index is 2.39. The molecule has 4 N–H and O–H groups in total. The molecule has 0 aliphatic heterocycles. The predicted molar refractivity (Wildman–Crippen MR) is 102 cm³/mol. The first kappa shape index (κ1) is 17.7. The molecule has 5 heteroatoms. The molecule has 1 aromatic heterocycles. The molecule has 0 radical (unpaired) electrons. The number of nitrogens with one attached hydrogen (secondary N) is 2.